The molecule has 0 radical (unpaired) electrons. The summed E-state index contributed by atoms with van der Waals surface area (Å²) in [6.07, 6.45) is 2.21. The minimum atomic E-state index is -0.788. The average molecular weight is 249 g/mol. The average Bonchev–Trinajstić information content (AvgIpc) is 2.30. The highest BCUT2D eigenvalue weighted by Gasteiger charge is 2.46. The number of carboxylic acid groups (broad SMARTS) is 1. The minimum absolute atomic E-state index is 0.295. The summed E-state index contributed by atoms with van der Waals surface area (Å²) < 4.78 is 5.02. The molecule has 2 rings (SSSR count). The maximum absolute atomic E-state index is 11.1. The summed E-state index contributed by atoms with van der Waals surface area (Å²) in [6, 6.07) is 8.16. The molecule has 1 heterocycles. The van der Waals surface area contributed by atoms with Crippen LogP contribution in [-0.2, 0) is 16.0 Å². The van der Waals surface area contributed by atoms with Gasteiger partial charge in [0.2, 0.25) is 0 Å². The van der Waals surface area contributed by atoms with E-state index in [1.54, 1.807) is 0 Å². The van der Waals surface area contributed by atoms with Crippen LogP contribution in [0.4, 0.5) is 5.69 Å². The van der Waals surface area contributed by atoms with Gasteiger partial charge in [-0.05, 0) is 24.1 Å². The van der Waals surface area contributed by atoms with Gasteiger partial charge in [0, 0.05) is 12.2 Å². The lowest BCUT2D eigenvalue weighted by molar-refractivity contribution is -0.176. The van der Waals surface area contributed by atoms with Crippen LogP contribution < -0.4 is 5.32 Å². The zero-order chi connectivity index (χ0) is 13.0. The molecule has 1 fully saturated rings. The van der Waals surface area contributed by atoms with Gasteiger partial charge in [0.05, 0.1) is 13.2 Å². The van der Waals surface area contributed by atoms with Crippen molar-refractivity contribution in [2.45, 2.75) is 19.8 Å². The molecule has 0 saturated carbocycles. The Morgan fingerprint density at radius 3 is 2.50 bits per heavy atom. The zero-order valence-corrected chi connectivity index (χ0v) is 10.6. The van der Waals surface area contributed by atoms with Gasteiger partial charge >= 0.3 is 5.97 Å². The van der Waals surface area contributed by atoms with Crippen molar-refractivity contribution in [2.24, 2.45) is 5.41 Å². The number of hydrogen-bond acceptors (Lipinski definition) is 3. The van der Waals surface area contributed by atoms with Gasteiger partial charge in [-0.2, -0.15) is 0 Å². The van der Waals surface area contributed by atoms with Crippen LogP contribution in [0.15, 0.2) is 24.3 Å². The van der Waals surface area contributed by atoms with Gasteiger partial charge in [0.25, 0.3) is 0 Å². The largest absolute Gasteiger partial charge is 0.481 e. The molecule has 1 aromatic rings. The van der Waals surface area contributed by atoms with Crippen molar-refractivity contribution in [3.05, 3.63) is 29.8 Å². The third-order valence-electron chi connectivity index (χ3n) is 3.33. The number of carbonyl (C=O) groups is 1. The third-order valence-corrected chi connectivity index (χ3v) is 3.33. The first-order valence-corrected chi connectivity index (χ1v) is 6.30. The Labute approximate surface area is 107 Å². The van der Waals surface area contributed by atoms with Crippen molar-refractivity contribution in [1.29, 1.82) is 0 Å². The predicted octanol–water partition coefficient (Wildman–Crippen LogP) is 2.15. The number of aliphatic carboxylic acids is 1. The van der Waals surface area contributed by atoms with E-state index in [1.807, 2.05) is 12.1 Å². The van der Waals surface area contributed by atoms with E-state index in [0.29, 0.717) is 19.8 Å². The maximum atomic E-state index is 11.1. The molecule has 0 amide bonds. The Kier molecular flexibility index (Phi) is 3.87. The standard InChI is InChI=1S/C14H19NO3/c1-2-3-11-4-6-12(7-5-11)15-8-14(13(16)17)9-18-10-14/h4-7,15H,2-3,8-10H2,1H3,(H,16,17). The lowest BCUT2D eigenvalue weighted by atomic mass is 9.86. The fraction of sp³-hybridized carbons (Fsp3) is 0.500. The summed E-state index contributed by atoms with van der Waals surface area (Å²) in [6.45, 7) is 3.15. The van der Waals surface area contributed by atoms with Crippen LogP contribution in [0.25, 0.3) is 0 Å². The molecule has 0 aromatic heterocycles. The molecule has 1 aromatic carbocycles. The fourth-order valence-corrected chi connectivity index (χ4v) is 2.00. The minimum Gasteiger partial charge on any atom is -0.481 e. The predicted molar refractivity (Wildman–Crippen MR) is 69.8 cm³/mol. The quantitative estimate of drug-likeness (QED) is 0.811. The van der Waals surface area contributed by atoms with Crippen LogP contribution >= 0.6 is 0 Å². The van der Waals surface area contributed by atoms with Crippen molar-refractivity contribution >= 4 is 11.7 Å². The first-order valence-electron chi connectivity index (χ1n) is 6.30. The topological polar surface area (TPSA) is 58.6 Å². The molecule has 0 spiro atoms. The molecular formula is C14H19NO3. The van der Waals surface area contributed by atoms with Crippen LogP contribution in [0.5, 0.6) is 0 Å². The molecule has 4 nitrogen and oxygen atoms in total. The second-order valence-corrected chi connectivity index (χ2v) is 4.88. The number of aryl methyl sites for hydroxylation is 1. The van der Waals surface area contributed by atoms with Crippen LogP contribution in [0.1, 0.15) is 18.9 Å². The molecular weight excluding hydrogens is 230 g/mol. The fourth-order valence-electron chi connectivity index (χ4n) is 2.00. The number of ether oxygens (including phenoxy) is 1. The van der Waals surface area contributed by atoms with Crippen molar-refractivity contribution < 1.29 is 14.6 Å². The molecule has 98 valence electrons. The molecule has 1 aliphatic heterocycles. The first-order chi connectivity index (χ1) is 8.66. The van der Waals surface area contributed by atoms with E-state index < -0.39 is 11.4 Å². The van der Waals surface area contributed by atoms with E-state index in [4.69, 9.17) is 9.84 Å². The molecule has 0 bridgehead atoms. The Morgan fingerprint density at radius 2 is 2.06 bits per heavy atom. The van der Waals surface area contributed by atoms with Crippen molar-refractivity contribution in [3.8, 4) is 0 Å². The Bertz CT molecular complexity index is 410. The molecule has 2 N–H and O–H groups in total. The van der Waals surface area contributed by atoms with Crippen LogP contribution in [-0.4, -0.2) is 30.8 Å². The Hall–Kier alpha value is -1.55. The van der Waals surface area contributed by atoms with Gasteiger partial charge in [-0.25, -0.2) is 0 Å². The Morgan fingerprint density at radius 1 is 1.39 bits per heavy atom. The highest BCUT2D eigenvalue weighted by atomic mass is 16.5. The maximum Gasteiger partial charge on any atom is 0.316 e. The van der Waals surface area contributed by atoms with Gasteiger partial charge in [-0.3, -0.25) is 4.79 Å². The summed E-state index contributed by atoms with van der Waals surface area (Å²) in [5, 5.41) is 12.3. The van der Waals surface area contributed by atoms with Gasteiger partial charge in [-0.15, -0.1) is 0 Å². The molecule has 0 aliphatic carbocycles. The first kappa shape index (κ1) is 12.9. The zero-order valence-electron chi connectivity index (χ0n) is 10.6. The normalized spacial score (nSPS) is 16.9. The van der Waals surface area contributed by atoms with E-state index in [9.17, 15) is 4.79 Å². The summed E-state index contributed by atoms with van der Waals surface area (Å²) in [4.78, 5) is 11.1. The summed E-state index contributed by atoms with van der Waals surface area (Å²) in [7, 11) is 0. The van der Waals surface area contributed by atoms with Gasteiger partial charge in [0.1, 0.15) is 5.41 Å². The van der Waals surface area contributed by atoms with Crippen molar-refractivity contribution in [1.82, 2.24) is 0 Å². The highest BCUT2D eigenvalue weighted by molar-refractivity contribution is 5.77. The number of carboxylic acids is 1. The molecule has 0 atom stereocenters. The summed E-state index contributed by atoms with van der Waals surface area (Å²) >= 11 is 0. The number of hydrogen-bond donors (Lipinski definition) is 2. The van der Waals surface area contributed by atoms with Crippen molar-refractivity contribution in [2.75, 3.05) is 25.1 Å². The second kappa shape index (κ2) is 5.40. The van der Waals surface area contributed by atoms with E-state index in [0.717, 1.165) is 18.5 Å². The molecule has 18 heavy (non-hydrogen) atoms. The summed E-state index contributed by atoms with van der Waals surface area (Å²) in [5.74, 6) is -0.788. The van der Waals surface area contributed by atoms with Crippen LogP contribution in [0.2, 0.25) is 0 Å². The van der Waals surface area contributed by atoms with Crippen LogP contribution in [0.3, 0.4) is 0 Å². The Balaban J connectivity index is 1.91. The van der Waals surface area contributed by atoms with E-state index >= 15 is 0 Å². The molecule has 1 aliphatic rings. The summed E-state index contributed by atoms with van der Waals surface area (Å²) in [5.41, 5.74) is 1.52. The second-order valence-electron chi connectivity index (χ2n) is 4.88. The third kappa shape index (κ3) is 2.64. The van der Waals surface area contributed by atoms with Crippen molar-refractivity contribution in [3.63, 3.8) is 0 Å². The lowest BCUT2D eigenvalue weighted by Gasteiger charge is -2.37. The number of benzene rings is 1. The van der Waals surface area contributed by atoms with Gasteiger partial charge in [-0.1, -0.05) is 25.5 Å². The van der Waals surface area contributed by atoms with Gasteiger partial charge < -0.3 is 15.2 Å². The monoisotopic (exact) mass is 249 g/mol. The molecule has 0 unspecified atom stereocenters. The number of rotatable bonds is 6. The van der Waals surface area contributed by atoms with E-state index in [-0.39, 0.29) is 0 Å². The van der Waals surface area contributed by atoms with E-state index in [1.165, 1.54) is 5.56 Å². The van der Waals surface area contributed by atoms with Crippen LogP contribution in [0, 0.1) is 5.41 Å². The highest BCUT2D eigenvalue weighted by Crippen LogP contribution is 2.28. The number of anilines is 1. The van der Waals surface area contributed by atoms with E-state index in [2.05, 4.69) is 24.4 Å². The number of nitrogens with one attached hydrogen (secondary N) is 1. The van der Waals surface area contributed by atoms with Gasteiger partial charge in [0.15, 0.2) is 0 Å². The molecule has 4 heteroatoms. The molecule has 1 saturated heterocycles. The smallest absolute Gasteiger partial charge is 0.316 e. The lowest BCUT2D eigenvalue weighted by Crippen LogP contribution is -2.53. The SMILES string of the molecule is CCCc1ccc(NCC2(C(=O)O)COC2)cc1.